The van der Waals surface area contributed by atoms with Crippen LogP contribution >= 0.6 is 0 Å². The molecule has 4 N–H and O–H groups in total. The summed E-state index contributed by atoms with van der Waals surface area (Å²) in [6, 6.07) is 20.0. The van der Waals surface area contributed by atoms with E-state index in [1.54, 1.807) is 18.5 Å². The van der Waals surface area contributed by atoms with E-state index >= 15 is 0 Å². The molecule has 0 aliphatic heterocycles. The third-order valence-corrected chi connectivity index (χ3v) is 13.2. The lowest BCUT2D eigenvalue weighted by atomic mass is 9.99. The van der Waals surface area contributed by atoms with Crippen molar-refractivity contribution in [2.24, 2.45) is 0 Å². The Morgan fingerprint density at radius 2 is 1.17 bits per heavy atom. The summed E-state index contributed by atoms with van der Waals surface area (Å²) in [6.07, 6.45) is 7.89. The van der Waals surface area contributed by atoms with Crippen LogP contribution < -0.4 is 0 Å². The number of fused-ring (bicyclic) bond motifs is 9. The molecule has 0 fully saturated rings. The first-order valence-electron chi connectivity index (χ1n) is 25.8. The topological polar surface area (TPSA) is 216 Å². The number of carbonyl (C=O) groups is 2. The summed E-state index contributed by atoms with van der Waals surface area (Å²) in [5.41, 5.74) is 11.5. The van der Waals surface area contributed by atoms with E-state index in [2.05, 4.69) is 85.1 Å². The van der Waals surface area contributed by atoms with Crippen LogP contribution in [-0.4, -0.2) is 82.5 Å². The van der Waals surface area contributed by atoms with Crippen LogP contribution in [-0.2, 0) is 25.4 Å². The predicted octanol–water partition coefficient (Wildman–Crippen LogP) is 14.1. The molecule has 0 spiro atoms. The fraction of sp³-hybridized carbons (Fsp3) is 0.373. The van der Waals surface area contributed by atoms with Gasteiger partial charge in [0, 0.05) is 75.1 Å². The van der Waals surface area contributed by atoms with Gasteiger partial charge in [-0.3, -0.25) is 0 Å². The standard InChI is InChI=1S/C21H26N2O3.C20H22N4O2.C18H20N2O3/c1-7-25-13(3)14-9-8-10-15-18(14)17-12(2)19(22-11-16(17)23-15)20(24)26-21(4,5)6;1-5-16-23-20(26-24-16)19-11(3)17-15(10-21-19)22-14-9-7-8-13(18(14)17)12(4)25-6-2;1-3-4-8-23-11(2)12-6-5-7-14-17(12)13-9-15(18(21)22)19-10-16(13)20-14/h8-11,13,23H,7H2,1-6H3;7-10,12,22H,5-6H2,1-4H3;5-7,9-11,20H,3-4,8H2,1-2H3,(H,21,22). The van der Waals surface area contributed by atoms with Gasteiger partial charge in [0.25, 0.3) is 5.89 Å². The SMILES string of the molecule is CCCCOC(C)c1cccc2[nH]c3cnc(C(=O)O)cc3c12.CCOC(C)c1cccc2[nH]c3cnc(-c4nc(CC)no4)c(C)c3c12.CCOC(C)c1cccc2[nH]c3cnc(C(=O)OC(C)(C)C)c(C)c3c12. The van der Waals surface area contributed by atoms with Gasteiger partial charge in [-0.25, -0.2) is 24.5 Å². The van der Waals surface area contributed by atoms with Gasteiger partial charge < -0.3 is 43.5 Å². The summed E-state index contributed by atoms with van der Waals surface area (Å²) >= 11 is 0. The molecular weight excluding hydrogens is 949 g/mol. The van der Waals surface area contributed by atoms with Gasteiger partial charge in [-0.1, -0.05) is 61.8 Å². The van der Waals surface area contributed by atoms with Crippen molar-refractivity contribution < 1.29 is 38.2 Å². The number of ether oxygens (including phenoxy) is 4. The monoisotopic (exact) mass is 1020 g/mol. The van der Waals surface area contributed by atoms with E-state index in [4.69, 9.17) is 23.5 Å². The number of pyridine rings is 3. The molecule has 0 radical (unpaired) electrons. The Balaban J connectivity index is 0.000000150. The number of benzene rings is 3. The smallest absolute Gasteiger partial charge is 0.357 e. The number of carbonyl (C=O) groups excluding carboxylic acids is 1. The number of aromatic carboxylic acids is 1. The Hall–Kier alpha value is -7.53. The molecule has 75 heavy (non-hydrogen) atoms. The number of hydrogen-bond acceptors (Lipinski definition) is 12. The van der Waals surface area contributed by atoms with Crippen molar-refractivity contribution in [1.82, 2.24) is 40.0 Å². The van der Waals surface area contributed by atoms with Crippen LogP contribution in [0.15, 0.2) is 83.8 Å². The molecular formula is C59H68N8O8. The van der Waals surface area contributed by atoms with Crippen LogP contribution in [0.3, 0.4) is 0 Å². The zero-order chi connectivity index (χ0) is 53.7. The first kappa shape index (κ1) is 53.8. The van der Waals surface area contributed by atoms with Gasteiger partial charge in [-0.2, -0.15) is 4.98 Å². The van der Waals surface area contributed by atoms with Gasteiger partial charge in [-0.05, 0) is 128 Å². The molecule has 10 rings (SSSR count). The van der Waals surface area contributed by atoms with Crippen molar-refractivity contribution >= 4 is 77.4 Å². The van der Waals surface area contributed by atoms with Crippen LogP contribution in [0.25, 0.3) is 77.0 Å². The molecule has 0 bridgehead atoms. The van der Waals surface area contributed by atoms with Gasteiger partial charge >= 0.3 is 11.9 Å². The first-order valence-corrected chi connectivity index (χ1v) is 25.8. The number of aromatic amines is 3. The lowest BCUT2D eigenvalue weighted by molar-refractivity contribution is 0.00619. The Bertz CT molecular complexity index is 3660. The van der Waals surface area contributed by atoms with Crippen molar-refractivity contribution in [3.05, 3.63) is 124 Å². The number of esters is 1. The molecule has 0 saturated heterocycles. The molecule has 16 nitrogen and oxygen atoms in total. The fourth-order valence-corrected chi connectivity index (χ4v) is 9.68. The molecule has 7 heterocycles. The predicted molar refractivity (Wildman–Crippen MR) is 294 cm³/mol. The van der Waals surface area contributed by atoms with E-state index in [1.807, 2.05) is 98.8 Å². The van der Waals surface area contributed by atoms with Gasteiger partial charge in [0.2, 0.25) is 0 Å². The number of aryl methyl sites for hydroxylation is 3. The van der Waals surface area contributed by atoms with Gasteiger partial charge in [-0.15, -0.1) is 0 Å². The molecule has 3 atom stereocenters. The van der Waals surface area contributed by atoms with Crippen molar-refractivity contribution in [2.75, 3.05) is 19.8 Å². The maximum Gasteiger partial charge on any atom is 0.357 e. The minimum atomic E-state index is -1.02. The summed E-state index contributed by atoms with van der Waals surface area (Å²) in [7, 11) is 0. The summed E-state index contributed by atoms with van der Waals surface area (Å²) in [5, 5.41) is 19.4. The van der Waals surface area contributed by atoms with Gasteiger partial charge in [0.15, 0.2) is 11.5 Å². The quantitative estimate of drug-likeness (QED) is 0.0556. The van der Waals surface area contributed by atoms with E-state index in [0.717, 1.165) is 119 Å². The highest BCUT2D eigenvalue weighted by Crippen LogP contribution is 2.39. The third-order valence-electron chi connectivity index (χ3n) is 13.2. The zero-order valence-electron chi connectivity index (χ0n) is 45.0. The fourth-order valence-electron chi connectivity index (χ4n) is 9.68. The van der Waals surface area contributed by atoms with Crippen LogP contribution in [0.5, 0.6) is 0 Å². The maximum atomic E-state index is 12.6. The van der Waals surface area contributed by atoms with Gasteiger partial charge in [0.1, 0.15) is 17.0 Å². The molecule has 0 aliphatic rings. The van der Waals surface area contributed by atoms with Crippen molar-refractivity contribution in [3.8, 4) is 11.6 Å². The van der Waals surface area contributed by atoms with Crippen LogP contribution in [0.4, 0.5) is 0 Å². The second-order valence-electron chi connectivity index (χ2n) is 19.6. The van der Waals surface area contributed by atoms with E-state index < -0.39 is 17.5 Å². The van der Waals surface area contributed by atoms with Crippen LogP contribution in [0.1, 0.15) is 155 Å². The lowest BCUT2D eigenvalue weighted by Crippen LogP contribution is -2.25. The third kappa shape index (κ3) is 11.3. The van der Waals surface area contributed by atoms with Crippen molar-refractivity contribution in [3.63, 3.8) is 0 Å². The number of nitrogens with zero attached hydrogens (tertiary/aromatic N) is 5. The van der Waals surface area contributed by atoms with Gasteiger partial charge in [0.05, 0.1) is 53.5 Å². The molecule has 16 heteroatoms. The molecule has 0 amide bonds. The minimum absolute atomic E-state index is 0.00816. The van der Waals surface area contributed by atoms with Crippen LogP contribution in [0.2, 0.25) is 0 Å². The van der Waals surface area contributed by atoms with E-state index in [-0.39, 0.29) is 24.0 Å². The van der Waals surface area contributed by atoms with Crippen LogP contribution in [0, 0.1) is 13.8 Å². The second kappa shape index (κ2) is 22.9. The number of unbranched alkanes of at least 4 members (excludes halogenated alkanes) is 1. The van der Waals surface area contributed by atoms with Crippen molar-refractivity contribution in [1.29, 1.82) is 0 Å². The normalized spacial score (nSPS) is 13.0. The van der Waals surface area contributed by atoms with E-state index in [0.29, 0.717) is 30.6 Å². The lowest BCUT2D eigenvalue weighted by Gasteiger charge is -2.20. The Morgan fingerprint density at radius 3 is 1.71 bits per heavy atom. The average molecular weight is 1020 g/mol. The number of nitrogens with one attached hydrogen (secondary N) is 3. The minimum Gasteiger partial charge on any atom is -0.477 e. The molecule has 0 aliphatic carbocycles. The number of aromatic nitrogens is 8. The Kier molecular flexibility index (Phi) is 16.4. The summed E-state index contributed by atoms with van der Waals surface area (Å²) in [5.74, 6) is -0.274. The molecule has 392 valence electrons. The van der Waals surface area contributed by atoms with E-state index in [9.17, 15) is 14.7 Å². The Labute approximate surface area is 436 Å². The number of carboxylic acid groups (broad SMARTS) is 1. The first-order chi connectivity index (χ1) is 36.0. The number of hydrogen-bond donors (Lipinski definition) is 4. The molecule has 3 aromatic carbocycles. The molecule has 10 aromatic rings. The summed E-state index contributed by atoms with van der Waals surface area (Å²) in [6.45, 7) is 25.9. The number of H-pyrrole nitrogens is 3. The Morgan fingerprint density at radius 1 is 0.653 bits per heavy atom. The highest BCUT2D eigenvalue weighted by Gasteiger charge is 2.25. The summed E-state index contributed by atoms with van der Waals surface area (Å²) < 4.78 is 28.5. The zero-order valence-corrected chi connectivity index (χ0v) is 45.0. The maximum absolute atomic E-state index is 12.6. The largest absolute Gasteiger partial charge is 0.477 e. The molecule has 7 aromatic heterocycles. The van der Waals surface area contributed by atoms with E-state index in [1.165, 1.54) is 5.39 Å². The molecule has 0 saturated carbocycles. The molecule has 3 unspecified atom stereocenters. The highest BCUT2D eigenvalue weighted by molar-refractivity contribution is 6.13. The van der Waals surface area contributed by atoms with Crippen molar-refractivity contribution in [2.45, 2.75) is 126 Å². The summed E-state index contributed by atoms with van der Waals surface area (Å²) in [4.78, 5) is 51.3. The highest BCUT2D eigenvalue weighted by atomic mass is 16.6. The average Bonchev–Trinajstić information content (AvgIpc) is 4.19. The number of carboxylic acids is 1. The second-order valence-corrected chi connectivity index (χ2v) is 19.6. The number of rotatable bonds is 15.